The van der Waals surface area contributed by atoms with Gasteiger partial charge in [0.25, 0.3) is 5.56 Å². The first-order chi connectivity index (χ1) is 16.0. The Balaban J connectivity index is 1.52. The van der Waals surface area contributed by atoms with E-state index in [2.05, 4.69) is 11.9 Å². The van der Waals surface area contributed by atoms with E-state index in [9.17, 15) is 9.59 Å². The van der Waals surface area contributed by atoms with Crippen LogP contribution in [0, 0.1) is 12.8 Å². The van der Waals surface area contributed by atoms with E-state index in [1.165, 1.54) is 35.1 Å². The number of fused-ring (bicyclic) bond motifs is 3. The first-order valence-corrected chi connectivity index (χ1v) is 13.0. The lowest BCUT2D eigenvalue weighted by atomic mass is 10.0. The van der Waals surface area contributed by atoms with Crippen molar-refractivity contribution in [1.82, 2.24) is 19.4 Å². The summed E-state index contributed by atoms with van der Waals surface area (Å²) in [6.07, 6.45) is 3.95. The number of piperidine rings is 1. The smallest absolute Gasteiger partial charge is 0.272 e. The first kappa shape index (κ1) is 22.1. The molecule has 1 unspecified atom stereocenters. The number of pyridine rings is 1. The largest absolute Gasteiger partial charge is 0.342 e. The van der Waals surface area contributed by atoms with Crippen LogP contribution in [0.1, 0.15) is 30.9 Å². The van der Waals surface area contributed by atoms with Crippen molar-refractivity contribution in [2.75, 3.05) is 18.8 Å². The number of benzene rings is 1. The fourth-order valence-corrected chi connectivity index (χ4v) is 6.23. The van der Waals surface area contributed by atoms with Crippen molar-refractivity contribution >= 4 is 49.4 Å². The van der Waals surface area contributed by atoms with Gasteiger partial charge in [-0.3, -0.25) is 14.2 Å². The molecule has 0 radical (unpaired) electrons. The van der Waals surface area contributed by atoms with E-state index >= 15 is 0 Å². The number of rotatable bonds is 5. The lowest BCUT2D eigenvalue weighted by Gasteiger charge is -2.30. The molecule has 3 aromatic heterocycles. The molecule has 0 N–H and O–H groups in total. The molecule has 1 atom stereocenters. The molecule has 170 valence electrons. The topological polar surface area (TPSA) is 68.1 Å². The molecule has 0 spiro atoms. The molecule has 6 nitrogen and oxygen atoms in total. The van der Waals surface area contributed by atoms with Gasteiger partial charge in [-0.05, 0) is 43.4 Å². The third kappa shape index (κ3) is 4.54. The van der Waals surface area contributed by atoms with Gasteiger partial charge in [-0.1, -0.05) is 48.5 Å². The summed E-state index contributed by atoms with van der Waals surface area (Å²) < 4.78 is 2.32. The average molecular weight is 479 g/mol. The fourth-order valence-electron chi connectivity index (χ4n) is 4.30. The minimum atomic E-state index is -0.0786. The van der Waals surface area contributed by atoms with Crippen molar-refractivity contribution in [2.45, 2.75) is 38.4 Å². The summed E-state index contributed by atoms with van der Waals surface area (Å²) in [6, 6.07) is 12.0. The van der Waals surface area contributed by atoms with Crippen LogP contribution in [0.4, 0.5) is 0 Å². The highest BCUT2D eigenvalue weighted by molar-refractivity contribution is 7.99. The van der Waals surface area contributed by atoms with Gasteiger partial charge in [-0.15, -0.1) is 11.3 Å². The van der Waals surface area contributed by atoms with Crippen LogP contribution in [-0.4, -0.2) is 44.2 Å². The molecule has 0 aliphatic carbocycles. The SMILES string of the molecule is Cc1ccc(Cn2c(SCC(=O)N3CCCC(C)C3)nc3c(sc4ncccc43)c2=O)cc1. The van der Waals surface area contributed by atoms with Crippen LogP contribution in [0.2, 0.25) is 0 Å². The molecule has 1 aromatic carbocycles. The minimum Gasteiger partial charge on any atom is -0.342 e. The van der Waals surface area contributed by atoms with Crippen LogP contribution < -0.4 is 5.56 Å². The molecule has 33 heavy (non-hydrogen) atoms. The Bertz CT molecular complexity index is 1380. The second-order valence-corrected chi connectivity index (χ2v) is 10.7. The summed E-state index contributed by atoms with van der Waals surface area (Å²) in [5.41, 5.74) is 2.80. The van der Waals surface area contributed by atoms with Crippen LogP contribution in [0.15, 0.2) is 52.5 Å². The number of likely N-dealkylation sites (tertiary alicyclic amines) is 1. The number of carbonyl (C=O) groups is 1. The summed E-state index contributed by atoms with van der Waals surface area (Å²) in [5.74, 6) is 0.921. The van der Waals surface area contributed by atoms with E-state index in [0.717, 1.165) is 35.3 Å². The highest BCUT2D eigenvalue weighted by Crippen LogP contribution is 2.31. The summed E-state index contributed by atoms with van der Waals surface area (Å²) in [6.45, 7) is 6.27. The number of aryl methyl sites for hydroxylation is 1. The standard InChI is InChI=1S/C25H26N4O2S2/c1-16-7-9-18(10-8-16)14-29-24(31)22-21(19-6-3-11-26-23(19)33-22)27-25(29)32-15-20(30)28-12-4-5-17(2)13-28/h3,6-11,17H,4-5,12-15H2,1-2H3. The maximum Gasteiger partial charge on any atom is 0.272 e. The molecule has 0 saturated carbocycles. The number of thiophene rings is 1. The molecule has 0 bridgehead atoms. The van der Waals surface area contributed by atoms with E-state index in [4.69, 9.17) is 4.98 Å². The molecule has 4 aromatic rings. The lowest BCUT2D eigenvalue weighted by Crippen LogP contribution is -2.40. The third-order valence-electron chi connectivity index (χ3n) is 6.11. The maximum absolute atomic E-state index is 13.6. The molecule has 1 saturated heterocycles. The quantitative estimate of drug-likeness (QED) is 0.307. The van der Waals surface area contributed by atoms with Crippen molar-refractivity contribution in [3.05, 3.63) is 64.1 Å². The van der Waals surface area contributed by atoms with E-state index < -0.39 is 0 Å². The van der Waals surface area contributed by atoms with Crippen molar-refractivity contribution < 1.29 is 4.79 Å². The minimum absolute atomic E-state index is 0.0786. The van der Waals surface area contributed by atoms with Gasteiger partial charge in [0.05, 0.1) is 17.8 Å². The number of nitrogens with zero attached hydrogens (tertiary/aromatic N) is 4. The normalized spacial score (nSPS) is 16.5. The monoisotopic (exact) mass is 478 g/mol. The highest BCUT2D eigenvalue weighted by atomic mass is 32.2. The van der Waals surface area contributed by atoms with Gasteiger partial charge < -0.3 is 4.90 Å². The van der Waals surface area contributed by atoms with Crippen LogP contribution in [0.25, 0.3) is 20.4 Å². The highest BCUT2D eigenvalue weighted by Gasteiger charge is 2.23. The van der Waals surface area contributed by atoms with Crippen LogP contribution in [0.5, 0.6) is 0 Å². The van der Waals surface area contributed by atoms with Crippen molar-refractivity contribution in [3.63, 3.8) is 0 Å². The zero-order valence-electron chi connectivity index (χ0n) is 18.8. The molecular weight excluding hydrogens is 452 g/mol. The zero-order chi connectivity index (χ0) is 22.9. The van der Waals surface area contributed by atoms with E-state index in [-0.39, 0.29) is 17.2 Å². The van der Waals surface area contributed by atoms with Gasteiger partial charge in [-0.2, -0.15) is 0 Å². The van der Waals surface area contributed by atoms with Gasteiger partial charge in [-0.25, -0.2) is 9.97 Å². The molecule has 1 amide bonds. The van der Waals surface area contributed by atoms with Crippen LogP contribution >= 0.6 is 23.1 Å². The number of hydrogen-bond donors (Lipinski definition) is 0. The number of thioether (sulfide) groups is 1. The number of aromatic nitrogens is 3. The average Bonchev–Trinajstić information content (AvgIpc) is 3.20. The fraction of sp³-hybridized carbons (Fsp3) is 0.360. The molecule has 4 heterocycles. The maximum atomic E-state index is 13.6. The van der Waals surface area contributed by atoms with E-state index in [1.807, 2.05) is 48.2 Å². The molecule has 8 heteroatoms. The second-order valence-electron chi connectivity index (χ2n) is 8.78. The summed E-state index contributed by atoms with van der Waals surface area (Å²) in [7, 11) is 0. The molecule has 5 rings (SSSR count). The predicted molar refractivity (Wildman–Crippen MR) is 135 cm³/mol. The van der Waals surface area contributed by atoms with Crippen molar-refractivity contribution in [2.24, 2.45) is 5.92 Å². The zero-order valence-corrected chi connectivity index (χ0v) is 20.4. The number of hydrogen-bond acceptors (Lipinski definition) is 6. The Kier molecular flexibility index (Phi) is 6.21. The van der Waals surface area contributed by atoms with Gasteiger partial charge in [0.2, 0.25) is 5.91 Å². The first-order valence-electron chi connectivity index (χ1n) is 11.2. The molecule has 1 aliphatic rings. The second kappa shape index (κ2) is 9.27. The number of amides is 1. The third-order valence-corrected chi connectivity index (χ3v) is 8.17. The Labute approximate surface area is 200 Å². The Morgan fingerprint density at radius 1 is 1.24 bits per heavy atom. The Morgan fingerprint density at radius 3 is 2.85 bits per heavy atom. The molecule has 1 aliphatic heterocycles. The van der Waals surface area contributed by atoms with Crippen LogP contribution in [0.3, 0.4) is 0 Å². The van der Waals surface area contributed by atoms with Gasteiger partial charge in [0.15, 0.2) is 5.16 Å². The van der Waals surface area contributed by atoms with Gasteiger partial charge >= 0.3 is 0 Å². The summed E-state index contributed by atoms with van der Waals surface area (Å²) in [4.78, 5) is 38.6. The van der Waals surface area contributed by atoms with Crippen LogP contribution in [-0.2, 0) is 11.3 Å². The van der Waals surface area contributed by atoms with E-state index in [0.29, 0.717) is 27.8 Å². The van der Waals surface area contributed by atoms with E-state index in [1.54, 1.807) is 10.8 Å². The van der Waals surface area contributed by atoms with Crippen molar-refractivity contribution in [3.8, 4) is 0 Å². The molecular formula is C25H26N4O2S2. The van der Waals surface area contributed by atoms with Gasteiger partial charge in [0.1, 0.15) is 9.53 Å². The summed E-state index contributed by atoms with van der Waals surface area (Å²) in [5, 5.41) is 1.46. The number of carbonyl (C=O) groups excluding carboxylic acids is 1. The Morgan fingerprint density at radius 2 is 2.06 bits per heavy atom. The van der Waals surface area contributed by atoms with Gasteiger partial charge in [0, 0.05) is 24.7 Å². The summed E-state index contributed by atoms with van der Waals surface area (Å²) >= 11 is 2.74. The Hall–Kier alpha value is -2.71. The lowest BCUT2D eigenvalue weighted by molar-refractivity contribution is -0.130. The van der Waals surface area contributed by atoms with Crippen molar-refractivity contribution in [1.29, 1.82) is 0 Å². The molecule has 1 fully saturated rings. The predicted octanol–water partition coefficient (Wildman–Crippen LogP) is 4.71.